The average molecular weight is 257 g/mol. The fraction of sp³-hybridized carbons (Fsp3) is 0.267. The second-order valence-corrected chi connectivity index (χ2v) is 6.33. The maximum atomic E-state index is 5.76. The molecule has 0 spiro atoms. The smallest absolute Gasteiger partial charge is 0.257 e. The van der Waals surface area contributed by atoms with Crippen molar-refractivity contribution < 1.29 is 4.42 Å². The first kappa shape index (κ1) is 11.6. The molecule has 3 rings (SSSR count). The van der Waals surface area contributed by atoms with E-state index < -0.39 is 0 Å². The molecule has 0 saturated heterocycles. The zero-order chi connectivity index (χ0) is 12.6. The first-order valence-corrected chi connectivity index (χ1v) is 6.87. The SMILES string of the molecule is CC1=CCC(C)(Sc2nc3ccccc3o2)C=C1. The van der Waals surface area contributed by atoms with E-state index in [0.717, 1.165) is 22.7 Å². The average Bonchev–Trinajstić information content (AvgIpc) is 2.75. The largest absolute Gasteiger partial charge is 0.431 e. The molecule has 0 amide bonds. The highest BCUT2D eigenvalue weighted by Gasteiger charge is 2.26. The first-order valence-electron chi connectivity index (χ1n) is 6.05. The third-order valence-electron chi connectivity index (χ3n) is 3.12. The Hall–Kier alpha value is -1.48. The second kappa shape index (κ2) is 4.32. The van der Waals surface area contributed by atoms with Crippen LogP contribution in [0.3, 0.4) is 0 Å². The van der Waals surface area contributed by atoms with Crippen LogP contribution in [0.15, 0.2) is 57.7 Å². The van der Waals surface area contributed by atoms with Crippen LogP contribution in [0.25, 0.3) is 11.1 Å². The highest BCUT2D eigenvalue weighted by atomic mass is 32.2. The van der Waals surface area contributed by atoms with E-state index in [1.807, 2.05) is 24.3 Å². The number of thioether (sulfide) groups is 1. The number of hydrogen-bond acceptors (Lipinski definition) is 3. The Labute approximate surface area is 111 Å². The van der Waals surface area contributed by atoms with E-state index in [-0.39, 0.29) is 4.75 Å². The molecule has 2 aromatic rings. The minimum atomic E-state index is 0.0420. The molecule has 0 radical (unpaired) electrons. The summed E-state index contributed by atoms with van der Waals surface area (Å²) in [5.41, 5.74) is 3.11. The Bertz CT molecular complexity index is 608. The van der Waals surface area contributed by atoms with Crippen LogP contribution in [0, 0.1) is 0 Å². The Morgan fingerprint density at radius 2 is 2.17 bits per heavy atom. The molecule has 0 aliphatic heterocycles. The number of aromatic nitrogens is 1. The van der Waals surface area contributed by atoms with Crippen molar-refractivity contribution in [2.75, 3.05) is 0 Å². The Balaban J connectivity index is 1.86. The van der Waals surface area contributed by atoms with E-state index in [2.05, 4.69) is 37.1 Å². The summed E-state index contributed by atoms with van der Waals surface area (Å²) in [6.07, 6.45) is 7.68. The molecule has 3 heteroatoms. The van der Waals surface area contributed by atoms with E-state index in [1.165, 1.54) is 5.57 Å². The van der Waals surface area contributed by atoms with Gasteiger partial charge in [-0.1, -0.05) is 47.7 Å². The Kier molecular flexibility index (Phi) is 2.78. The molecular weight excluding hydrogens is 242 g/mol. The number of nitrogens with zero attached hydrogens (tertiary/aromatic N) is 1. The van der Waals surface area contributed by atoms with Gasteiger partial charge in [0.2, 0.25) is 0 Å². The lowest BCUT2D eigenvalue weighted by atomic mass is 9.98. The molecule has 1 aromatic heterocycles. The summed E-state index contributed by atoms with van der Waals surface area (Å²) < 4.78 is 5.80. The van der Waals surface area contributed by atoms with Crippen molar-refractivity contribution in [3.05, 3.63) is 48.1 Å². The van der Waals surface area contributed by atoms with E-state index in [4.69, 9.17) is 4.42 Å². The molecule has 0 bridgehead atoms. The zero-order valence-electron chi connectivity index (χ0n) is 10.5. The van der Waals surface area contributed by atoms with Crippen LogP contribution in [0.2, 0.25) is 0 Å². The molecule has 0 saturated carbocycles. The molecule has 18 heavy (non-hydrogen) atoms. The minimum absolute atomic E-state index is 0.0420. The lowest BCUT2D eigenvalue weighted by Gasteiger charge is -2.24. The van der Waals surface area contributed by atoms with Crippen LogP contribution in [0.5, 0.6) is 0 Å². The van der Waals surface area contributed by atoms with E-state index in [1.54, 1.807) is 11.8 Å². The summed E-state index contributed by atoms with van der Waals surface area (Å²) in [5.74, 6) is 0. The van der Waals surface area contributed by atoms with Crippen molar-refractivity contribution >= 4 is 22.9 Å². The monoisotopic (exact) mass is 257 g/mol. The zero-order valence-corrected chi connectivity index (χ0v) is 11.3. The van der Waals surface area contributed by atoms with Crippen molar-refractivity contribution in [1.29, 1.82) is 0 Å². The van der Waals surface area contributed by atoms with Gasteiger partial charge in [-0.05, 0) is 32.4 Å². The van der Waals surface area contributed by atoms with Crippen LogP contribution < -0.4 is 0 Å². The summed E-state index contributed by atoms with van der Waals surface area (Å²) in [4.78, 5) is 4.51. The maximum Gasteiger partial charge on any atom is 0.257 e. The molecule has 1 heterocycles. The molecule has 1 atom stereocenters. The van der Waals surface area contributed by atoms with Crippen LogP contribution in [-0.2, 0) is 0 Å². The van der Waals surface area contributed by atoms with Crippen molar-refractivity contribution in [3.8, 4) is 0 Å². The number of fused-ring (bicyclic) bond motifs is 1. The predicted molar refractivity (Wildman–Crippen MR) is 75.8 cm³/mol. The minimum Gasteiger partial charge on any atom is -0.431 e. The lowest BCUT2D eigenvalue weighted by Crippen LogP contribution is -2.17. The number of allylic oxidation sites excluding steroid dienone is 3. The molecule has 2 nitrogen and oxygen atoms in total. The van der Waals surface area contributed by atoms with Gasteiger partial charge < -0.3 is 4.42 Å². The topological polar surface area (TPSA) is 26.0 Å². The summed E-state index contributed by atoms with van der Waals surface area (Å²) >= 11 is 1.69. The van der Waals surface area contributed by atoms with Gasteiger partial charge in [-0.15, -0.1) is 0 Å². The standard InChI is InChI=1S/C15H15NOS/c1-11-7-9-15(2,10-8-11)18-14-16-12-5-3-4-6-13(12)17-14/h3-9H,10H2,1-2H3. The van der Waals surface area contributed by atoms with Gasteiger partial charge in [0.1, 0.15) is 5.52 Å². The molecule has 0 N–H and O–H groups in total. The third-order valence-corrected chi connectivity index (χ3v) is 4.24. The number of benzene rings is 1. The van der Waals surface area contributed by atoms with Gasteiger partial charge in [-0.25, -0.2) is 4.98 Å². The quantitative estimate of drug-likeness (QED) is 0.787. The molecule has 1 unspecified atom stereocenters. The first-order chi connectivity index (χ1) is 8.65. The Morgan fingerprint density at radius 1 is 1.33 bits per heavy atom. The molecule has 1 aliphatic rings. The number of para-hydroxylation sites is 2. The van der Waals surface area contributed by atoms with E-state index in [9.17, 15) is 0 Å². The summed E-state index contributed by atoms with van der Waals surface area (Å²) in [6, 6.07) is 7.88. The number of oxazole rings is 1. The van der Waals surface area contributed by atoms with E-state index in [0.29, 0.717) is 0 Å². The summed E-state index contributed by atoms with van der Waals surface area (Å²) in [7, 11) is 0. The molecular formula is C15H15NOS. The van der Waals surface area contributed by atoms with E-state index >= 15 is 0 Å². The number of rotatable bonds is 2. The van der Waals surface area contributed by atoms with Gasteiger partial charge in [0.15, 0.2) is 5.58 Å². The third kappa shape index (κ3) is 2.23. The van der Waals surface area contributed by atoms with Gasteiger partial charge in [0.05, 0.1) is 0 Å². The fourth-order valence-electron chi connectivity index (χ4n) is 1.98. The normalized spacial score (nSPS) is 23.3. The van der Waals surface area contributed by atoms with Crippen LogP contribution in [0.1, 0.15) is 20.3 Å². The van der Waals surface area contributed by atoms with Crippen LogP contribution in [-0.4, -0.2) is 9.73 Å². The second-order valence-electron chi connectivity index (χ2n) is 4.85. The van der Waals surface area contributed by atoms with Gasteiger partial charge in [0.25, 0.3) is 5.22 Å². The summed E-state index contributed by atoms with van der Waals surface area (Å²) in [5, 5.41) is 0.747. The number of hydrogen-bond donors (Lipinski definition) is 0. The van der Waals surface area contributed by atoms with Gasteiger partial charge in [0, 0.05) is 4.75 Å². The predicted octanol–water partition coefficient (Wildman–Crippen LogP) is 4.58. The van der Waals surface area contributed by atoms with Crippen molar-refractivity contribution in [2.45, 2.75) is 30.2 Å². The van der Waals surface area contributed by atoms with Gasteiger partial charge >= 0.3 is 0 Å². The van der Waals surface area contributed by atoms with Crippen LogP contribution in [0.4, 0.5) is 0 Å². The molecule has 1 aromatic carbocycles. The maximum absolute atomic E-state index is 5.76. The highest BCUT2D eigenvalue weighted by molar-refractivity contribution is 8.00. The Morgan fingerprint density at radius 3 is 2.89 bits per heavy atom. The fourth-order valence-corrected chi connectivity index (χ4v) is 2.95. The molecule has 92 valence electrons. The molecule has 1 aliphatic carbocycles. The van der Waals surface area contributed by atoms with Crippen LogP contribution >= 0.6 is 11.8 Å². The molecule has 0 fully saturated rings. The highest BCUT2D eigenvalue weighted by Crippen LogP contribution is 2.39. The van der Waals surface area contributed by atoms with Crippen molar-refractivity contribution in [1.82, 2.24) is 4.98 Å². The summed E-state index contributed by atoms with van der Waals surface area (Å²) in [6.45, 7) is 4.34. The van der Waals surface area contributed by atoms with Crippen molar-refractivity contribution in [2.24, 2.45) is 0 Å². The lowest BCUT2D eigenvalue weighted by molar-refractivity contribution is 0.486. The van der Waals surface area contributed by atoms with Crippen molar-refractivity contribution in [3.63, 3.8) is 0 Å². The van der Waals surface area contributed by atoms with Gasteiger partial charge in [-0.3, -0.25) is 0 Å². The van der Waals surface area contributed by atoms with Gasteiger partial charge in [-0.2, -0.15) is 0 Å².